The van der Waals surface area contributed by atoms with Gasteiger partial charge in [-0.3, -0.25) is 14.5 Å². The fourth-order valence-electron chi connectivity index (χ4n) is 2.90. The van der Waals surface area contributed by atoms with Crippen molar-refractivity contribution >= 4 is 34.5 Å². The molecule has 0 saturated carbocycles. The molecule has 0 fully saturated rings. The summed E-state index contributed by atoms with van der Waals surface area (Å²) in [7, 11) is 0. The van der Waals surface area contributed by atoms with Gasteiger partial charge in [-0.2, -0.15) is 0 Å². The quantitative estimate of drug-likeness (QED) is 0.753. The number of aromatic nitrogens is 1. The molecule has 27 heavy (non-hydrogen) atoms. The average molecular weight is 379 g/mol. The van der Waals surface area contributed by atoms with Crippen molar-refractivity contribution in [3.05, 3.63) is 58.9 Å². The average Bonchev–Trinajstić information content (AvgIpc) is 3.11. The summed E-state index contributed by atoms with van der Waals surface area (Å²) in [5.74, 6) is 0.0624. The van der Waals surface area contributed by atoms with Crippen LogP contribution in [0.25, 0.3) is 11.3 Å². The van der Waals surface area contributed by atoms with Crippen LogP contribution in [-0.4, -0.2) is 29.9 Å². The number of anilines is 2. The van der Waals surface area contributed by atoms with Gasteiger partial charge < -0.3 is 10.1 Å². The zero-order chi connectivity index (χ0) is 18.8. The Morgan fingerprint density at radius 1 is 1.26 bits per heavy atom. The second-order valence-corrected chi connectivity index (χ2v) is 7.18. The van der Waals surface area contributed by atoms with E-state index >= 15 is 0 Å². The summed E-state index contributed by atoms with van der Waals surface area (Å²) in [5, 5.41) is 5.74. The molecule has 0 unspecified atom stereocenters. The Morgan fingerprint density at radius 2 is 2.07 bits per heavy atom. The maximum atomic E-state index is 12.4. The summed E-state index contributed by atoms with van der Waals surface area (Å²) in [4.78, 5) is 30.8. The van der Waals surface area contributed by atoms with Gasteiger partial charge in [-0.1, -0.05) is 18.2 Å². The van der Waals surface area contributed by atoms with Gasteiger partial charge in [0.2, 0.25) is 5.91 Å². The molecule has 1 N–H and O–H groups in total. The summed E-state index contributed by atoms with van der Waals surface area (Å²) in [6.45, 7) is 1.78. The Bertz CT molecular complexity index is 1000. The van der Waals surface area contributed by atoms with E-state index in [0.717, 1.165) is 16.3 Å². The van der Waals surface area contributed by atoms with Gasteiger partial charge in [0.1, 0.15) is 12.3 Å². The molecule has 0 aliphatic carbocycles. The van der Waals surface area contributed by atoms with Gasteiger partial charge in [0.25, 0.3) is 5.91 Å². The lowest BCUT2D eigenvalue weighted by atomic mass is 10.1. The molecular formula is C20H17N3O3S. The number of thiazole rings is 1. The molecule has 2 heterocycles. The smallest absolute Gasteiger partial charge is 0.265 e. The molecule has 0 radical (unpaired) electrons. The maximum absolute atomic E-state index is 12.4. The van der Waals surface area contributed by atoms with Crippen molar-refractivity contribution < 1.29 is 14.3 Å². The molecule has 4 rings (SSSR count). The number of benzene rings is 2. The molecule has 0 spiro atoms. The minimum Gasteiger partial charge on any atom is -0.482 e. The Labute approximate surface area is 160 Å². The molecule has 7 heteroatoms. The van der Waals surface area contributed by atoms with E-state index in [0.29, 0.717) is 17.1 Å². The van der Waals surface area contributed by atoms with Gasteiger partial charge in [-0.25, -0.2) is 4.98 Å². The number of amides is 2. The summed E-state index contributed by atoms with van der Waals surface area (Å²) in [6, 6.07) is 14.7. The molecule has 0 atom stereocenters. The van der Waals surface area contributed by atoms with Crippen molar-refractivity contribution in [3.63, 3.8) is 0 Å². The van der Waals surface area contributed by atoms with Crippen LogP contribution >= 0.6 is 11.3 Å². The van der Waals surface area contributed by atoms with E-state index < -0.39 is 0 Å². The highest BCUT2D eigenvalue weighted by Crippen LogP contribution is 2.36. The molecule has 1 aromatic heterocycles. The van der Waals surface area contributed by atoms with Crippen molar-refractivity contribution in [3.8, 4) is 17.0 Å². The van der Waals surface area contributed by atoms with Gasteiger partial charge in [0.15, 0.2) is 6.61 Å². The molecule has 1 aliphatic rings. The van der Waals surface area contributed by atoms with Crippen LogP contribution in [0.3, 0.4) is 0 Å². The van der Waals surface area contributed by atoms with Crippen molar-refractivity contribution in [1.82, 2.24) is 4.98 Å². The van der Waals surface area contributed by atoms with Crippen LogP contribution in [0.15, 0.2) is 53.9 Å². The second kappa shape index (κ2) is 7.20. The first-order chi connectivity index (χ1) is 13.1. The van der Waals surface area contributed by atoms with Crippen LogP contribution in [0.4, 0.5) is 11.4 Å². The fraction of sp³-hybridized carbons (Fsp3) is 0.150. The second-order valence-electron chi connectivity index (χ2n) is 6.12. The van der Waals surface area contributed by atoms with Crippen LogP contribution in [0.1, 0.15) is 5.01 Å². The number of nitrogens with one attached hydrogen (secondary N) is 1. The standard InChI is InChI=1S/C20H17N3O3S/c1-13-21-16(12-27-13)14-7-8-18-17(9-14)23(20(25)11-26-18)10-19(24)22-15-5-3-2-4-6-15/h2-9,12H,10-11H2,1H3,(H,22,24). The normalized spacial score (nSPS) is 13.1. The number of nitrogens with zero attached hydrogens (tertiary/aromatic N) is 2. The molecule has 2 amide bonds. The van der Waals surface area contributed by atoms with Gasteiger partial charge >= 0.3 is 0 Å². The number of carbonyl (C=O) groups excluding carboxylic acids is 2. The number of ether oxygens (including phenoxy) is 1. The Kier molecular flexibility index (Phi) is 4.60. The SMILES string of the molecule is Cc1nc(-c2ccc3c(c2)N(CC(=O)Nc2ccccc2)C(=O)CO3)cs1. The lowest BCUT2D eigenvalue weighted by Gasteiger charge is -2.29. The van der Waals surface area contributed by atoms with Crippen LogP contribution in [0, 0.1) is 6.92 Å². The highest BCUT2D eigenvalue weighted by Gasteiger charge is 2.28. The summed E-state index contributed by atoms with van der Waals surface area (Å²) in [6.07, 6.45) is 0. The number of para-hydroxylation sites is 1. The van der Waals surface area contributed by atoms with Crippen LogP contribution in [0.2, 0.25) is 0 Å². The lowest BCUT2D eigenvalue weighted by molar-refractivity contribution is -0.123. The predicted octanol–water partition coefficient (Wildman–Crippen LogP) is 3.48. The van der Waals surface area contributed by atoms with E-state index in [1.807, 2.05) is 48.7 Å². The van der Waals surface area contributed by atoms with Crippen molar-refractivity contribution in [2.75, 3.05) is 23.4 Å². The summed E-state index contributed by atoms with van der Waals surface area (Å²) >= 11 is 1.56. The first-order valence-corrected chi connectivity index (χ1v) is 9.33. The Balaban J connectivity index is 1.60. The molecule has 0 saturated heterocycles. The van der Waals surface area contributed by atoms with Gasteiger partial charge in [0, 0.05) is 16.6 Å². The van der Waals surface area contributed by atoms with Crippen LogP contribution in [0.5, 0.6) is 5.75 Å². The number of carbonyl (C=O) groups is 2. The molecule has 3 aromatic rings. The third-order valence-corrected chi connectivity index (χ3v) is 4.95. The molecule has 6 nitrogen and oxygen atoms in total. The van der Waals surface area contributed by atoms with Crippen LogP contribution < -0.4 is 15.0 Å². The minimum absolute atomic E-state index is 0.0797. The van der Waals surface area contributed by atoms with E-state index in [1.54, 1.807) is 23.5 Å². The highest BCUT2D eigenvalue weighted by molar-refractivity contribution is 7.09. The number of hydrogen-bond donors (Lipinski definition) is 1. The molecule has 136 valence electrons. The number of hydrogen-bond acceptors (Lipinski definition) is 5. The lowest BCUT2D eigenvalue weighted by Crippen LogP contribution is -2.43. The van der Waals surface area contributed by atoms with Gasteiger partial charge in [-0.05, 0) is 37.3 Å². The molecule has 2 aromatic carbocycles. The monoisotopic (exact) mass is 379 g/mol. The van der Waals surface area contributed by atoms with Crippen molar-refractivity contribution in [2.45, 2.75) is 6.92 Å². The summed E-state index contributed by atoms with van der Waals surface area (Å²) in [5.41, 5.74) is 2.99. The first-order valence-electron chi connectivity index (χ1n) is 8.45. The third kappa shape index (κ3) is 3.68. The van der Waals surface area contributed by atoms with E-state index in [2.05, 4.69) is 10.3 Å². The maximum Gasteiger partial charge on any atom is 0.265 e. The summed E-state index contributed by atoms with van der Waals surface area (Å²) < 4.78 is 5.52. The topological polar surface area (TPSA) is 71.5 Å². The number of aryl methyl sites for hydroxylation is 1. The predicted molar refractivity (Wildman–Crippen MR) is 105 cm³/mol. The zero-order valence-electron chi connectivity index (χ0n) is 14.6. The van der Waals surface area contributed by atoms with E-state index in [-0.39, 0.29) is 25.0 Å². The van der Waals surface area contributed by atoms with Gasteiger partial charge in [-0.15, -0.1) is 11.3 Å². The van der Waals surface area contributed by atoms with E-state index in [9.17, 15) is 9.59 Å². The van der Waals surface area contributed by atoms with Crippen LogP contribution in [-0.2, 0) is 9.59 Å². The van der Waals surface area contributed by atoms with Crippen molar-refractivity contribution in [2.24, 2.45) is 0 Å². The molecule has 0 bridgehead atoms. The van der Waals surface area contributed by atoms with E-state index in [1.165, 1.54) is 4.90 Å². The molecule has 1 aliphatic heterocycles. The van der Waals surface area contributed by atoms with E-state index in [4.69, 9.17) is 4.74 Å². The minimum atomic E-state index is -0.266. The van der Waals surface area contributed by atoms with Crippen molar-refractivity contribution in [1.29, 1.82) is 0 Å². The third-order valence-electron chi connectivity index (χ3n) is 4.18. The fourth-order valence-corrected chi connectivity index (χ4v) is 3.52. The Morgan fingerprint density at radius 3 is 2.81 bits per heavy atom. The number of rotatable bonds is 4. The first kappa shape index (κ1) is 17.2. The highest BCUT2D eigenvalue weighted by atomic mass is 32.1. The molecular weight excluding hydrogens is 362 g/mol. The number of fused-ring (bicyclic) bond motifs is 1. The Hall–Kier alpha value is -3.19. The van der Waals surface area contributed by atoms with Gasteiger partial charge in [0.05, 0.1) is 16.4 Å². The zero-order valence-corrected chi connectivity index (χ0v) is 15.5. The largest absolute Gasteiger partial charge is 0.482 e.